The Morgan fingerprint density at radius 3 is 2.48 bits per heavy atom. The number of hydrogen-bond donors (Lipinski definition) is 3. The molecule has 1 aliphatic rings. The first-order valence-corrected chi connectivity index (χ1v) is 7.25. The van der Waals surface area contributed by atoms with E-state index in [1.807, 2.05) is 13.8 Å². The molecule has 1 unspecified atom stereocenters. The molecule has 0 aromatic heterocycles. The molecular weight excluding hydrogens is 274 g/mol. The van der Waals surface area contributed by atoms with Crippen molar-refractivity contribution < 1.29 is 19.5 Å². The first kappa shape index (κ1) is 17.3. The van der Waals surface area contributed by atoms with Gasteiger partial charge in [-0.15, -0.1) is 0 Å². The molecule has 1 rings (SSSR count). The molecule has 0 bridgehead atoms. The van der Waals surface area contributed by atoms with Gasteiger partial charge in [-0.25, -0.2) is 9.59 Å². The normalized spacial score (nSPS) is 24.3. The molecule has 0 aromatic rings. The lowest BCUT2D eigenvalue weighted by atomic mass is 9.89. The SMILES string of the molecule is CC[C@H](C)[C@H](NC(=O)N1CCC(C)(C(=O)NC)C1)C(=O)O. The maximum atomic E-state index is 12.2. The van der Waals surface area contributed by atoms with Gasteiger partial charge >= 0.3 is 12.0 Å². The van der Waals surface area contributed by atoms with Crippen LogP contribution in [0.25, 0.3) is 0 Å². The number of aliphatic carboxylic acids is 1. The van der Waals surface area contributed by atoms with Crippen LogP contribution in [-0.2, 0) is 9.59 Å². The molecular formula is C14H25N3O4. The van der Waals surface area contributed by atoms with Crippen molar-refractivity contribution in [3.05, 3.63) is 0 Å². The predicted molar refractivity (Wildman–Crippen MR) is 77.8 cm³/mol. The van der Waals surface area contributed by atoms with Gasteiger partial charge in [-0.1, -0.05) is 20.3 Å². The van der Waals surface area contributed by atoms with Crippen LogP contribution in [0.15, 0.2) is 0 Å². The second-order valence-electron chi connectivity index (χ2n) is 5.96. The van der Waals surface area contributed by atoms with Crippen LogP contribution in [0.3, 0.4) is 0 Å². The highest BCUT2D eigenvalue weighted by Crippen LogP contribution is 2.30. The van der Waals surface area contributed by atoms with Crippen molar-refractivity contribution in [3.63, 3.8) is 0 Å². The highest BCUT2D eigenvalue weighted by molar-refractivity contribution is 5.86. The fourth-order valence-corrected chi connectivity index (χ4v) is 2.53. The number of carbonyl (C=O) groups is 3. The summed E-state index contributed by atoms with van der Waals surface area (Å²) in [6.07, 6.45) is 1.23. The van der Waals surface area contributed by atoms with Gasteiger partial charge in [0, 0.05) is 20.1 Å². The number of carbonyl (C=O) groups excluding carboxylic acids is 2. The van der Waals surface area contributed by atoms with Crippen molar-refractivity contribution in [2.24, 2.45) is 11.3 Å². The Morgan fingerprint density at radius 2 is 2.00 bits per heavy atom. The van der Waals surface area contributed by atoms with Crippen molar-refractivity contribution in [2.75, 3.05) is 20.1 Å². The van der Waals surface area contributed by atoms with E-state index in [2.05, 4.69) is 10.6 Å². The van der Waals surface area contributed by atoms with Gasteiger partial charge in [0.15, 0.2) is 0 Å². The lowest BCUT2D eigenvalue weighted by Gasteiger charge is -2.26. The molecule has 1 saturated heterocycles. The largest absolute Gasteiger partial charge is 0.480 e. The Morgan fingerprint density at radius 1 is 1.38 bits per heavy atom. The molecule has 0 spiro atoms. The van der Waals surface area contributed by atoms with E-state index < -0.39 is 23.5 Å². The minimum absolute atomic E-state index is 0.102. The Balaban J connectivity index is 2.69. The van der Waals surface area contributed by atoms with Gasteiger partial charge in [0.2, 0.25) is 5.91 Å². The Kier molecular flexibility index (Phi) is 5.57. The standard InChI is InChI=1S/C14H25N3O4/c1-5-9(2)10(11(18)19)16-13(21)17-7-6-14(3,8-17)12(20)15-4/h9-10H,5-8H2,1-4H3,(H,15,20)(H,16,21)(H,18,19)/t9-,10-,14?/m0/s1. The van der Waals surface area contributed by atoms with Gasteiger partial charge in [0.25, 0.3) is 0 Å². The number of carboxylic acids is 1. The number of nitrogens with one attached hydrogen (secondary N) is 2. The average molecular weight is 299 g/mol. The van der Waals surface area contributed by atoms with Crippen LogP contribution in [0.1, 0.15) is 33.6 Å². The number of nitrogens with zero attached hydrogens (tertiary/aromatic N) is 1. The van der Waals surface area contributed by atoms with E-state index in [0.717, 1.165) is 0 Å². The van der Waals surface area contributed by atoms with Gasteiger partial charge < -0.3 is 20.6 Å². The van der Waals surface area contributed by atoms with Crippen molar-refractivity contribution in [1.82, 2.24) is 15.5 Å². The summed E-state index contributed by atoms with van der Waals surface area (Å²) in [6.45, 7) is 6.22. The highest BCUT2D eigenvalue weighted by Gasteiger charge is 2.42. The minimum atomic E-state index is -1.04. The first-order valence-electron chi connectivity index (χ1n) is 7.25. The summed E-state index contributed by atoms with van der Waals surface area (Å²) in [6, 6.07) is -1.33. The smallest absolute Gasteiger partial charge is 0.326 e. The van der Waals surface area contributed by atoms with Crippen molar-refractivity contribution in [2.45, 2.75) is 39.7 Å². The molecule has 0 aromatic carbocycles. The van der Waals surface area contributed by atoms with Crippen LogP contribution < -0.4 is 10.6 Å². The number of amides is 3. The molecule has 7 heteroatoms. The summed E-state index contributed by atoms with van der Waals surface area (Å²) in [7, 11) is 1.57. The van der Waals surface area contributed by atoms with E-state index in [1.54, 1.807) is 14.0 Å². The highest BCUT2D eigenvalue weighted by atomic mass is 16.4. The monoisotopic (exact) mass is 299 g/mol. The van der Waals surface area contributed by atoms with Crippen molar-refractivity contribution >= 4 is 17.9 Å². The van der Waals surface area contributed by atoms with E-state index in [1.165, 1.54) is 4.90 Å². The first-order chi connectivity index (χ1) is 9.75. The van der Waals surface area contributed by atoms with Crippen molar-refractivity contribution in [3.8, 4) is 0 Å². The van der Waals surface area contributed by atoms with Gasteiger partial charge in [-0.05, 0) is 19.3 Å². The lowest BCUT2D eigenvalue weighted by Crippen LogP contribution is -2.50. The number of rotatable bonds is 5. The van der Waals surface area contributed by atoms with E-state index in [-0.39, 0.29) is 11.8 Å². The molecule has 3 atom stereocenters. The van der Waals surface area contributed by atoms with Crippen LogP contribution in [0.5, 0.6) is 0 Å². The van der Waals surface area contributed by atoms with Gasteiger partial charge in [-0.3, -0.25) is 4.79 Å². The third-order valence-electron chi connectivity index (χ3n) is 4.29. The van der Waals surface area contributed by atoms with Crippen LogP contribution >= 0.6 is 0 Å². The van der Waals surface area contributed by atoms with Gasteiger partial charge in [0.1, 0.15) is 6.04 Å². The van der Waals surface area contributed by atoms with Gasteiger partial charge in [-0.2, -0.15) is 0 Å². The second-order valence-corrected chi connectivity index (χ2v) is 5.96. The van der Waals surface area contributed by atoms with E-state index in [0.29, 0.717) is 25.9 Å². The van der Waals surface area contributed by atoms with Gasteiger partial charge in [0.05, 0.1) is 5.41 Å². The van der Waals surface area contributed by atoms with Crippen LogP contribution in [-0.4, -0.2) is 54.1 Å². The van der Waals surface area contributed by atoms with Crippen molar-refractivity contribution in [1.29, 1.82) is 0 Å². The maximum Gasteiger partial charge on any atom is 0.326 e. The Labute approximate surface area is 125 Å². The van der Waals surface area contributed by atoms with E-state index >= 15 is 0 Å². The molecule has 0 radical (unpaired) electrons. The number of likely N-dealkylation sites (tertiary alicyclic amines) is 1. The zero-order valence-electron chi connectivity index (χ0n) is 13.1. The summed E-state index contributed by atoms with van der Waals surface area (Å²) < 4.78 is 0. The van der Waals surface area contributed by atoms with E-state index in [4.69, 9.17) is 0 Å². The van der Waals surface area contributed by atoms with Crippen LogP contribution in [0.2, 0.25) is 0 Å². The second kappa shape index (κ2) is 6.78. The zero-order valence-corrected chi connectivity index (χ0v) is 13.1. The maximum absolute atomic E-state index is 12.2. The average Bonchev–Trinajstić information content (AvgIpc) is 2.86. The topological polar surface area (TPSA) is 98.7 Å². The molecule has 1 heterocycles. The molecule has 3 amide bonds. The number of urea groups is 1. The summed E-state index contributed by atoms with van der Waals surface area (Å²) in [5.41, 5.74) is -0.610. The fraction of sp³-hybridized carbons (Fsp3) is 0.786. The summed E-state index contributed by atoms with van der Waals surface area (Å²) in [4.78, 5) is 36.8. The van der Waals surface area contributed by atoms with Crippen LogP contribution in [0, 0.1) is 11.3 Å². The Hall–Kier alpha value is -1.79. The summed E-state index contributed by atoms with van der Waals surface area (Å²) >= 11 is 0. The number of hydrogen-bond acceptors (Lipinski definition) is 3. The molecule has 7 nitrogen and oxygen atoms in total. The molecule has 120 valence electrons. The molecule has 1 aliphatic heterocycles. The molecule has 0 aliphatic carbocycles. The fourth-order valence-electron chi connectivity index (χ4n) is 2.53. The van der Waals surface area contributed by atoms with Crippen LogP contribution in [0.4, 0.5) is 4.79 Å². The molecule has 1 fully saturated rings. The Bertz CT molecular complexity index is 426. The predicted octanol–water partition coefficient (Wildman–Crippen LogP) is 0.653. The molecule has 3 N–H and O–H groups in total. The molecule has 0 saturated carbocycles. The lowest BCUT2D eigenvalue weighted by molar-refractivity contribution is -0.140. The van der Waals surface area contributed by atoms with E-state index in [9.17, 15) is 19.5 Å². The molecule has 21 heavy (non-hydrogen) atoms. The summed E-state index contributed by atoms with van der Waals surface area (Å²) in [5.74, 6) is -1.29. The minimum Gasteiger partial charge on any atom is -0.480 e. The summed E-state index contributed by atoms with van der Waals surface area (Å²) in [5, 5.41) is 14.4. The zero-order chi connectivity index (χ0) is 16.2. The number of carboxylic acid groups (broad SMARTS) is 1. The third kappa shape index (κ3) is 3.86. The third-order valence-corrected chi connectivity index (χ3v) is 4.29. The quantitative estimate of drug-likeness (QED) is 0.694.